The zero-order valence-corrected chi connectivity index (χ0v) is 34.8. The zero-order valence-electron chi connectivity index (χ0n) is 32.1. The van der Waals surface area contributed by atoms with Crippen molar-refractivity contribution in [1.29, 1.82) is 0 Å². The molecule has 7 atom stereocenters. The summed E-state index contributed by atoms with van der Waals surface area (Å²) < 4.78 is 48.5. The maximum absolute atomic E-state index is 13.8. The number of carbonyl (C=O) groups is 3. The lowest BCUT2D eigenvalue weighted by molar-refractivity contribution is -0.181. The van der Waals surface area contributed by atoms with Crippen molar-refractivity contribution in [1.82, 2.24) is 0 Å². The highest BCUT2D eigenvalue weighted by molar-refractivity contribution is 7.99. The van der Waals surface area contributed by atoms with Crippen molar-refractivity contribution in [2.45, 2.75) is 100 Å². The third kappa shape index (κ3) is 11.6. The molecule has 0 N–H and O–H groups in total. The number of esters is 3. The van der Waals surface area contributed by atoms with Gasteiger partial charge in [0.2, 0.25) is 0 Å². The SMILES string of the molecule is C=CC(CS[C@H]1O[C@H](C=N[S+]([O-])C(C)(C)C)[C@H](OC(=O)c2ccccc2)[C@H](OC(=O)c2ccccc2)[C@H]1OC(=O)c1ccccc1)O[Si](C)(C)C(C)(C)C. The molecule has 0 amide bonds. The number of hydrogen-bond donors (Lipinski definition) is 0. The van der Waals surface area contributed by atoms with E-state index in [0.717, 1.165) is 0 Å². The Bertz CT molecular complexity index is 1730. The predicted molar refractivity (Wildman–Crippen MR) is 217 cm³/mol. The van der Waals surface area contributed by atoms with E-state index in [2.05, 4.69) is 44.8 Å². The molecule has 1 fully saturated rings. The Morgan fingerprint density at radius 3 is 1.63 bits per heavy atom. The van der Waals surface area contributed by atoms with Crippen LogP contribution in [-0.4, -0.2) is 83.4 Å². The van der Waals surface area contributed by atoms with Crippen molar-refractivity contribution in [2.75, 3.05) is 5.75 Å². The molecular weight excluding hydrogens is 743 g/mol. The van der Waals surface area contributed by atoms with Gasteiger partial charge in [0.05, 0.1) is 29.0 Å². The van der Waals surface area contributed by atoms with E-state index in [-0.39, 0.29) is 21.7 Å². The number of ether oxygens (including phenoxy) is 4. The van der Waals surface area contributed by atoms with Gasteiger partial charge in [0, 0.05) is 5.75 Å². The number of rotatable bonds is 14. The van der Waals surface area contributed by atoms with Crippen LogP contribution >= 0.6 is 11.8 Å². The molecule has 3 aromatic rings. The van der Waals surface area contributed by atoms with Gasteiger partial charge in [0.15, 0.2) is 26.6 Å². The molecule has 1 aliphatic rings. The zero-order chi connectivity index (χ0) is 39.7. The molecule has 4 rings (SSSR count). The summed E-state index contributed by atoms with van der Waals surface area (Å²) in [6.45, 7) is 20.1. The van der Waals surface area contributed by atoms with Gasteiger partial charge in [-0.3, -0.25) is 0 Å². The Labute approximate surface area is 327 Å². The molecule has 0 aliphatic carbocycles. The van der Waals surface area contributed by atoms with Crippen LogP contribution < -0.4 is 0 Å². The fourth-order valence-electron chi connectivity index (χ4n) is 4.95. The summed E-state index contributed by atoms with van der Waals surface area (Å²) in [5.41, 5.74) is -0.307. The molecule has 0 aromatic heterocycles. The molecule has 13 heteroatoms. The summed E-state index contributed by atoms with van der Waals surface area (Å²) in [6.07, 6.45) is -2.67. The van der Waals surface area contributed by atoms with E-state index >= 15 is 0 Å². The van der Waals surface area contributed by atoms with Crippen LogP contribution in [0.4, 0.5) is 0 Å². The lowest BCUT2D eigenvalue weighted by atomic mass is 9.99. The van der Waals surface area contributed by atoms with Gasteiger partial charge in [-0.05, 0) is 75.3 Å². The molecule has 290 valence electrons. The fraction of sp³-hybridized carbons (Fsp3) is 0.415. The molecule has 0 radical (unpaired) electrons. The third-order valence-corrected chi connectivity index (χ3v) is 16.2. The minimum Gasteiger partial charge on any atom is -0.591 e. The van der Waals surface area contributed by atoms with Gasteiger partial charge >= 0.3 is 17.9 Å². The summed E-state index contributed by atoms with van der Waals surface area (Å²) in [5, 5.41) is -0.0785. The topological polar surface area (TPSA) is 133 Å². The average Bonchev–Trinajstić information content (AvgIpc) is 3.14. The maximum atomic E-state index is 13.8. The molecule has 1 saturated heterocycles. The maximum Gasteiger partial charge on any atom is 0.338 e. The second-order valence-corrected chi connectivity index (χ2v) is 23.1. The van der Waals surface area contributed by atoms with Crippen LogP contribution in [0, 0.1) is 0 Å². The molecule has 2 unspecified atom stereocenters. The van der Waals surface area contributed by atoms with Crippen molar-refractivity contribution < 1.29 is 42.3 Å². The molecule has 54 heavy (non-hydrogen) atoms. The summed E-state index contributed by atoms with van der Waals surface area (Å²) >= 11 is -0.449. The molecule has 1 aliphatic heterocycles. The van der Waals surface area contributed by atoms with E-state index in [9.17, 15) is 18.9 Å². The van der Waals surface area contributed by atoms with Gasteiger partial charge in [-0.25, -0.2) is 14.4 Å². The first kappa shape index (κ1) is 43.0. The van der Waals surface area contributed by atoms with Gasteiger partial charge < -0.3 is 27.9 Å². The highest BCUT2D eigenvalue weighted by atomic mass is 32.2. The normalized spacial score (nSPS) is 21.8. The van der Waals surface area contributed by atoms with Crippen molar-refractivity contribution in [2.24, 2.45) is 4.40 Å². The lowest BCUT2D eigenvalue weighted by Gasteiger charge is -2.44. The molecule has 0 spiro atoms. The lowest BCUT2D eigenvalue weighted by Crippen LogP contribution is -2.61. The fourth-order valence-corrected chi connectivity index (χ4v) is 8.10. The van der Waals surface area contributed by atoms with E-state index in [1.165, 1.54) is 18.0 Å². The van der Waals surface area contributed by atoms with Crippen LogP contribution in [-0.2, 0) is 34.7 Å². The van der Waals surface area contributed by atoms with Crippen LogP contribution in [0.2, 0.25) is 18.1 Å². The summed E-state index contributed by atoms with van der Waals surface area (Å²) in [6, 6.07) is 25.0. The average molecular weight is 794 g/mol. The van der Waals surface area contributed by atoms with Crippen molar-refractivity contribution in [3.05, 3.63) is 120 Å². The summed E-state index contributed by atoms with van der Waals surface area (Å²) in [7, 11) is -2.25. The second kappa shape index (κ2) is 18.7. The standard InChI is InChI=1S/C41H51NO9S2Si/c1-10-31(51-54(8,9)41(5,6)7)27-52-39-35(50-38(45)30-24-18-13-19-25-30)34(49-37(44)29-22-16-12-17-23-29)33(48-36(43)28-20-14-11-15-21-28)32(47-39)26-42-53(46)40(2,3)4/h10-26,31-35,39H,1,27H2,2-9H3/t31?,32-,33+,34+,35-,39-,53?/m1/s1. The number of thioether (sulfide) groups is 1. The van der Waals surface area contributed by atoms with E-state index in [1.807, 2.05) is 0 Å². The van der Waals surface area contributed by atoms with Crippen molar-refractivity contribution >= 4 is 55.6 Å². The Kier molecular flexibility index (Phi) is 14.9. The number of carbonyl (C=O) groups excluding carboxylic acids is 3. The van der Waals surface area contributed by atoms with Gasteiger partial charge in [0.1, 0.15) is 27.6 Å². The molecule has 3 aromatic carbocycles. The molecular formula is C41H51NO9S2Si. The first-order chi connectivity index (χ1) is 25.4. The minimum atomic E-state index is -2.25. The third-order valence-electron chi connectivity index (χ3n) is 9.06. The van der Waals surface area contributed by atoms with Crippen LogP contribution in [0.3, 0.4) is 0 Å². The monoisotopic (exact) mass is 793 g/mol. The smallest absolute Gasteiger partial charge is 0.338 e. The molecule has 1 heterocycles. The second-order valence-electron chi connectivity index (χ2n) is 15.3. The van der Waals surface area contributed by atoms with E-state index in [4.69, 9.17) is 23.4 Å². The highest BCUT2D eigenvalue weighted by Gasteiger charge is 2.53. The van der Waals surface area contributed by atoms with Crippen molar-refractivity contribution in [3.8, 4) is 0 Å². The Morgan fingerprint density at radius 2 is 1.22 bits per heavy atom. The quantitative estimate of drug-likeness (QED) is 0.0393. The number of nitrogens with zero attached hydrogens (tertiary/aromatic N) is 1. The van der Waals surface area contributed by atoms with Crippen LogP contribution in [0.15, 0.2) is 108 Å². The van der Waals surface area contributed by atoms with Crippen LogP contribution in [0.25, 0.3) is 0 Å². The molecule has 0 bridgehead atoms. The summed E-state index contributed by atoms with van der Waals surface area (Å²) in [4.78, 5) is 41.3. The summed E-state index contributed by atoms with van der Waals surface area (Å²) in [5.74, 6) is -1.87. The largest absolute Gasteiger partial charge is 0.591 e. The number of benzene rings is 3. The first-order valence-corrected chi connectivity index (χ1v) is 22.8. The Balaban J connectivity index is 1.83. The van der Waals surface area contributed by atoms with E-state index in [1.54, 1.807) is 118 Å². The van der Waals surface area contributed by atoms with E-state index in [0.29, 0.717) is 5.75 Å². The predicted octanol–water partition coefficient (Wildman–Crippen LogP) is 8.23. The Morgan fingerprint density at radius 1 is 0.796 bits per heavy atom. The molecule has 10 nitrogen and oxygen atoms in total. The van der Waals surface area contributed by atoms with Gasteiger partial charge in [-0.15, -0.1) is 18.3 Å². The van der Waals surface area contributed by atoms with Gasteiger partial charge in [-0.1, -0.05) is 85.8 Å². The van der Waals surface area contributed by atoms with Crippen LogP contribution in [0.1, 0.15) is 72.6 Å². The first-order valence-electron chi connectivity index (χ1n) is 17.7. The minimum absolute atomic E-state index is 0.0785. The Hall–Kier alpha value is -3.72. The van der Waals surface area contributed by atoms with Gasteiger partial charge in [-0.2, -0.15) is 0 Å². The van der Waals surface area contributed by atoms with Crippen LogP contribution in [0.5, 0.6) is 0 Å². The van der Waals surface area contributed by atoms with Gasteiger partial charge in [0.25, 0.3) is 0 Å². The highest BCUT2D eigenvalue weighted by Crippen LogP contribution is 2.39. The number of hydrogen-bond acceptors (Lipinski definition) is 11. The van der Waals surface area contributed by atoms with E-state index < -0.39 is 78.3 Å². The molecule has 0 saturated carbocycles. The van der Waals surface area contributed by atoms with Crippen molar-refractivity contribution in [3.63, 3.8) is 0 Å².